The molecule has 0 aromatic heterocycles. The standard InChI is InChI=1S/C46H51N3O8S/c1-30-13-19-39(20-14-30)58(52,53)48-40(23-32-9-6-5-7-10-32)45(51)47-38-12-8-11-36(24-38)46-56-43(31(2)44(57-46)34-17-15-33(29-50)16-18-34)28-49-22-21-35-25-41(54-3)42(55-4)26-37(35)27-49/h5-20,24-26,31,40,43-44,46,48,50H,21-23,27-29H2,1-4H3,(H,47,51)/t31-,40+,43+,44+,46?/m0/s1. The van der Waals surface area contributed by atoms with Crippen LogP contribution in [-0.4, -0.2) is 63.8 Å². The molecule has 0 spiro atoms. The number of aliphatic hydroxyl groups is 1. The van der Waals surface area contributed by atoms with E-state index in [9.17, 15) is 18.3 Å². The van der Waals surface area contributed by atoms with Gasteiger partial charge in [0, 0.05) is 36.8 Å². The van der Waals surface area contributed by atoms with E-state index in [1.807, 2.05) is 79.7 Å². The highest BCUT2D eigenvalue weighted by Gasteiger charge is 2.40. The molecule has 0 saturated carbocycles. The summed E-state index contributed by atoms with van der Waals surface area (Å²) in [5.41, 5.74) is 7.11. The van der Waals surface area contributed by atoms with Gasteiger partial charge in [-0.15, -0.1) is 0 Å². The van der Waals surface area contributed by atoms with Crippen molar-refractivity contribution in [2.24, 2.45) is 5.92 Å². The number of hydrogen-bond donors (Lipinski definition) is 3. The molecule has 2 aliphatic heterocycles. The fraction of sp³-hybridized carbons (Fsp3) is 0.326. The zero-order valence-electron chi connectivity index (χ0n) is 33.3. The van der Waals surface area contributed by atoms with Crippen molar-refractivity contribution in [3.05, 3.63) is 154 Å². The monoisotopic (exact) mass is 805 g/mol. The highest BCUT2D eigenvalue weighted by Crippen LogP contribution is 2.43. The van der Waals surface area contributed by atoms with Gasteiger partial charge in [-0.05, 0) is 84.0 Å². The molecule has 11 nitrogen and oxygen atoms in total. The van der Waals surface area contributed by atoms with Gasteiger partial charge in [0.15, 0.2) is 17.8 Å². The lowest BCUT2D eigenvalue weighted by atomic mass is 9.89. The normalized spacial score (nSPS) is 20.2. The van der Waals surface area contributed by atoms with Gasteiger partial charge in [-0.25, -0.2) is 8.42 Å². The minimum atomic E-state index is -4.02. The van der Waals surface area contributed by atoms with Crippen LogP contribution in [0.3, 0.4) is 0 Å². The Morgan fingerprint density at radius 2 is 1.55 bits per heavy atom. The van der Waals surface area contributed by atoms with Gasteiger partial charge in [-0.3, -0.25) is 9.69 Å². The number of anilines is 1. The van der Waals surface area contributed by atoms with E-state index in [4.69, 9.17) is 18.9 Å². The Balaban J connectivity index is 1.13. The zero-order chi connectivity index (χ0) is 40.8. The predicted octanol–water partition coefficient (Wildman–Crippen LogP) is 6.88. The molecular weight excluding hydrogens is 755 g/mol. The third kappa shape index (κ3) is 9.61. The minimum absolute atomic E-state index is 0.0359. The maximum absolute atomic E-state index is 14.0. The van der Waals surface area contributed by atoms with Crippen LogP contribution in [-0.2, 0) is 50.3 Å². The van der Waals surface area contributed by atoms with Crippen LogP contribution in [0, 0.1) is 12.8 Å². The molecule has 5 aromatic carbocycles. The molecule has 58 heavy (non-hydrogen) atoms. The maximum Gasteiger partial charge on any atom is 0.242 e. The van der Waals surface area contributed by atoms with Gasteiger partial charge >= 0.3 is 0 Å². The summed E-state index contributed by atoms with van der Waals surface area (Å²) in [4.78, 5) is 16.5. The average Bonchev–Trinajstić information content (AvgIpc) is 3.24. The Hall–Kier alpha value is -5.08. The lowest BCUT2D eigenvalue weighted by Gasteiger charge is -2.43. The molecule has 7 rings (SSSR count). The molecular formula is C46H51N3O8S. The first-order valence-corrected chi connectivity index (χ1v) is 21.0. The first kappa shape index (κ1) is 41.1. The number of carbonyl (C=O) groups is 1. The Bertz CT molecular complexity index is 2290. The van der Waals surface area contributed by atoms with Crippen LogP contribution in [0.4, 0.5) is 5.69 Å². The van der Waals surface area contributed by atoms with Crippen LogP contribution in [0.5, 0.6) is 11.5 Å². The third-order valence-electron chi connectivity index (χ3n) is 11.0. The Labute approximate surface area is 341 Å². The summed E-state index contributed by atoms with van der Waals surface area (Å²) < 4.78 is 54.4. The molecule has 2 aliphatic rings. The Morgan fingerprint density at radius 1 is 0.845 bits per heavy atom. The highest BCUT2D eigenvalue weighted by atomic mass is 32.2. The van der Waals surface area contributed by atoms with Crippen molar-refractivity contribution >= 4 is 21.6 Å². The van der Waals surface area contributed by atoms with Crippen molar-refractivity contribution in [1.29, 1.82) is 0 Å². The van der Waals surface area contributed by atoms with E-state index in [1.54, 1.807) is 32.4 Å². The summed E-state index contributed by atoms with van der Waals surface area (Å²) in [7, 11) is -0.727. The number of fused-ring (bicyclic) bond motifs is 1. The molecule has 5 aromatic rings. The van der Waals surface area contributed by atoms with Gasteiger partial charge in [0.2, 0.25) is 15.9 Å². The number of methoxy groups -OCH3 is 2. The fourth-order valence-electron chi connectivity index (χ4n) is 7.68. The highest BCUT2D eigenvalue weighted by molar-refractivity contribution is 7.89. The zero-order valence-corrected chi connectivity index (χ0v) is 34.1. The van der Waals surface area contributed by atoms with E-state index in [-0.39, 0.29) is 36.0 Å². The number of hydrogen-bond acceptors (Lipinski definition) is 9. The van der Waals surface area contributed by atoms with Crippen molar-refractivity contribution in [2.75, 3.05) is 32.6 Å². The summed E-state index contributed by atoms with van der Waals surface area (Å²) in [6, 6.07) is 33.9. The molecule has 1 unspecified atom stereocenters. The maximum atomic E-state index is 14.0. The minimum Gasteiger partial charge on any atom is -0.493 e. The molecule has 2 heterocycles. The van der Waals surface area contributed by atoms with E-state index in [0.29, 0.717) is 23.5 Å². The summed E-state index contributed by atoms with van der Waals surface area (Å²) >= 11 is 0. The van der Waals surface area contributed by atoms with Gasteiger partial charge in [0.25, 0.3) is 0 Å². The number of sulfonamides is 1. The second-order valence-corrected chi connectivity index (χ2v) is 16.8. The van der Waals surface area contributed by atoms with Crippen LogP contribution in [0.25, 0.3) is 0 Å². The van der Waals surface area contributed by atoms with E-state index in [0.717, 1.165) is 47.5 Å². The number of amides is 1. The second-order valence-electron chi connectivity index (χ2n) is 15.1. The van der Waals surface area contributed by atoms with Gasteiger partial charge < -0.3 is 29.4 Å². The number of nitrogens with zero attached hydrogens (tertiary/aromatic N) is 1. The van der Waals surface area contributed by atoms with Crippen molar-refractivity contribution in [3.8, 4) is 11.5 Å². The summed E-state index contributed by atoms with van der Waals surface area (Å²) in [6.45, 7) is 6.18. The van der Waals surface area contributed by atoms with E-state index in [1.165, 1.54) is 23.3 Å². The number of ether oxygens (including phenoxy) is 4. The smallest absolute Gasteiger partial charge is 0.242 e. The van der Waals surface area contributed by atoms with Gasteiger partial charge in [0.05, 0.1) is 37.9 Å². The number of nitrogens with one attached hydrogen (secondary N) is 2. The lowest BCUT2D eigenvalue weighted by Crippen LogP contribution is -2.45. The van der Waals surface area contributed by atoms with Crippen LogP contribution in [0.15, 0.2) is 120 Å². The largest absolute Gasteiger partial charge is 0.493 e. The van der Waals surface area contributed by atoms with Crippen molar-refractivity contribution in [2.45, 2.75) is 69.3 Å². The molecule has 1 fully saturated rings. The van der Waals surface area contributed by atoms with Crippen LogP contribution < -0.4 is 19.5 Å². The van der Waals surface area contributed by atoms with Crippen LogP contribution in [0.1, 0.15) is 58.3 Å². The molecule has 5 atom stereocenters. The first-order chi connectivity index (χ1) is 28.0. The molecule has 304 valence electrons. The third-order valence-corrected chi connectivity index (χ3v) is 12.5. The summed E-state index contributed by atoms with van der Waals surface area (Å²) in [6.07, 6.45) is -0.335. The van der Waals surface area contributed by atoms with E-state index in [2.05, 4.69) is 34.0 Å². The first-order valence-electron chi connectivity index (χ1n) is 19.5. The van der Waals surface area contributed by atoms with Gasteiger partial charge in [-0.1, -0.05) is 91.3 Å². The average molecular weight is 806 g/mol. The Kier molecular flexibility index (Phi) is 12.9. The number of carbonyl (C=O) groups excluding carboxylic acids is 1. The Morgan fingerprint density at radius 3 is 2.24 bits per heavy atom. The number of aliphatic hydroxyl groups excluding tert-OH is 1. The quantitative estimate of drug-likeness (QED) is 0.110. The number of aryl methyl sites for hydroxylation is 1. The van der Waals surface area contributed by atoms with E-state index < -0.39 is 28.3 Å². The molecule has 1 amide bonds. The predicted molar refractivity (Wildman–Crippen MR) is 222 cm³/mol. The molecule has 12 heteroatoms. The molecule has 3 N–H and O–H groups in total. The van der Waals surface area contributed by atoms with Crippen molar-refractivity contribution in [3.63, 3.8) is 0 Å². The van der Waals surface area contributed by atoms with Gasteiger partial charge in [0.1, 0.15) is 6.04 Å². The topological polar surface area (TPSA) is 136 Å². The lowest BCUT2D eigenvalue weighted by molar-refractivity contribution is -0.276. The van der Waals surface area contributed by atoms with Crippen LogP contribution in [0.2, 0.25) is 0 Å². The number of rotatable bonds is 14. The fourth-order valence-corrected chi connectivity index (χ4v) is 8.88. The molecule has 0 aliphatic carbocycles. The van der Waals surface area contributed by atoms with Crippen molar-refractivity contribution in [1.82, 2.24) is 9.62 Å². The van der Waals surface area contributed by atoms with Crippen LogP contribution >= 0.6 is 0 Å². The summed E-state index contributed by atoms with van der Waals surface area (Å²) in [5.74, 6) is 0.885. The molecule has 1 saturated heterocycles. The second kappa shape index (κ2) is 18.2. The molecule has 0 radical (unpaired) electrons. The van der Waals surface area contributed by atoms with Crippen molar-refractivity contribution < 1.29 is 37.3 Å². The molecule has 0 bridgehead atoms. The van der Waals surface area contributed by atoms with Gasteiger partial charge in [-0.2, -0.15) is 4.72 Å². The summed E-state index contributed by atoms with van der Waals surface area (Å²) in [5, 5.41) is 12.7. The number of benzene rings is 5. The SMILES string of the molecule is COc1cc2c(cc1OC)CN(C[C@H]1OC(c3cccc(NC(=O)[C@@H](Cc4ccccc4)NS(=O)(=O)c4ccc(C)cc4)c3)O[C@@H](c3ccc(CO)cc3)[C@H]1C)CC2. The van der Waals surface area contributed by atoms with E-state index >= 15 is 0 Å².